The van der Waals surface area contributed by atoms with Crippen LogP contribution in [-0.2, 0) is 6.54 Å². The number of rotatable bonds is 5. The quantitative estimate of drug-likeness (QED) is 0.868. The van der Waals surface area contributed by atoms with Crippen LogP contribution in [0.4, 0.5) is 0 Å². The van der Waals surface area contributed by atoms with Crippen LogP contribution in [0.15, 0.2) is 18.3 Å². The Balaban J connectivity index is 1.85. The second-order valence-electron chi connectivity index (χ2n) is 5.30. The van der Waals surface area contributed by atoms with Crippen LogP contribution < -0.4 is 0 Å². The molecule has 1 aromatic rings. The second-order valence-corrected chi connectivity index (χ2v) is 5.30. The Morgan fingerprint density at radius 2 is 2.05 bits per heavy atom. The van der Waals surface area contributed by atoms with Gasteiger partial charge < -0.3 is 5.11 Å². The monoisotopic (exact) mass is 263 g/mol. The Morgan fingerprint density at radius 1 is 1.32 bits per heavy atom. The maximum Gasteiger partial charge on any atom is 0.0586 e. The van der Waals surface area contributed by atoms with E-state index in [0.29, 0.717) is 6.04 Å². The predicted octanol–water partition coefficient (Wildman–Crippen LogP) is 1.28. The van der Waals surface area contributed by atoms with Crippen molar-refractivity contribution in [2.45, 2.75) is 32.9 Å². The minimum Gasteiger partial charge on any atom is -0.395 e. The third kappa shape index (κ3) is 3.75. The summed E-state index contributed by atoms with van der Waals surface area (Å²) in [6.45, 7) is 9.74. The average molecular weight is 263 g/mol. The van der Waals surface area contributed by atoms with Gasteiger partial charge in [-0.2, -0.15) is 0 Å². The van der Waals surface area contributed by atoms with E-state index in [2.05, 4.69) is 34.7 Å². The van der Waals surface area contributed by atoms with E-state index in [1.165, 1.54) is 5.56 Å². The first-order valence-corrected chi connectivity index (χ1v) is 7.22. The van der Waals surface area contributed by atoms with Gasteiger partial charge in [-0.3, -0.25) is 14.8 Å². The van der Waals surface area contributed by atoms with Gasteiger partial charge in [0.05, 0.1) is 6.61 Å². The van der Waals surface area contributed by atoms with Crippen molar-refractivity contribution in [3.8, 4) is 0 Å². The molecule has 1 aromatic heterocycles. The number of nitrogens with zero attached hydrogens (tertiary/aromatic N) is 3. The summed E-state index contributed by atoms with van der Waals surface area (Å²) in [6, 6.07) is 4.51. The van der Waals surface area contributed by atoms with Crippen LogP contribution in [-0.4, -0.2) is 58.7 Å². The molecular weight excluding hydrogens is 238 g/mol. The molecule has 19 heavy (non-hydrogen) atoms. The largest absolute Gasteiger partial charge is 0.395 e. The van der Waals surface area contributed by atoms with Crippen LogP contribution in [0, 0.1) is 6.92 Å². The van der Waals surface area contributed by atoms with Gasteiger partial charge >= 0.3 is 0 Å². The molecule has 0 amide bonds. The molecule has 4 nitrogen and oxygen atoms in total. The Kier molecular flexibility index (Phi) is 5.31. The maximum atomic E-state index is 9.35. The number of hydrogen-bond acceptors (Lipinski definition) is 4. The van der Waals surface area contributed by atoms with Crippen molar-refractivity contribution in [1.29, 1.82) is 0 Å². The first-order chi connectivity index (χ1) is 9.24. The lowest BCUT2D eigenvalue weighted by Crippen LogP contribution is -2.50. The van der Waals surface area contributed by atoms with Crippen molar-refractivity contribution < 1.29 is 5.11 Å². The first kappa shape index (κ1) is 14.4. The Bertz CT molecular complexity index is 385. The van der Waals surface area contributed by atoms with Crippen LogP contribution in [0.3, 0.4) is 0 Å². The minimum atomic E-state index is 0.276. The summed E-state index contributed by atoms with van der Waals surface area (Å²) >= 11 is 0. The fourth-order valence-electron chi connectivity index (χ4n) is 2.71. The topological polar surface area (TPSA) is 39.6 Å². The van der Waals surface area contributed by atoms with Crippen LogP contribution in [0.1, 0.15) is 24.6 Å². The van der Waals surface area contributed by atoms with E-state index >= 15 is 0 Å². The molecule has 4 heteroatoms. The van der Waals surface area contributed by atoms with Gasteiger partial charge in [-0.05, 0) is 25.0 Å². The number of piperazine rings is 1. The standard InChI is InChI=1S/C15H25N3O/c1-3-15(12-19)18-9-7-17(8-10-18)11-14-5-4-6-16-13(14)2/h4-6,15,19H,3,7-12H2,1-2H3. The van der Waals surface area contributed by atoms with Crippen LogP contribution in [0.5, 0.6) is 0 Å². The summed E-state index contributed by atoms with van der Waals surface area (Å²) in [5.74, 6) is 0. The van der Waals surface area contributed by atoms with Crippen molar-refractivity contribution >= 4 is 0 Å². The first-order valence-electron chi connectivity index (χ1n) is 7.22. The molecule has 0 aromatic carbocycles. The zero-order valence-corrected chi connectivity index (χ0v) is 12.0. The predicted molar refractivity (Wildman–Crippen MR) is 77.0 cm³/mol. The number of hydrogen-bond donors (Lipinski definition) is 1. The summed E-state index contributed by atoms with van der Waals surface area (Å²) in [5.41, 5.74) is 2.46. The molecule has 0 spiro atoms. The van der Waals surface area contributed by atoms with E-state index in [4.69, 9.17) is 0 Å². The van der Waals surface area contributed by atoms with Gasteiger partial charge in [-0.1, -0.05) is 13.0 Å². The highest BCUT2D eigenvalue weighted by Crippen LogP contribution is 2.13. The normalized spacial score (nSPS) is 19.5. The molecule has 106 valence electrons. The lowest BCUT2D eigenvalue weighted by atomic mass is 10.1. The fourth-order valence-corrected chi connectivity index (χ4v) is 2.71. The zero-order chi connectivity index (χ0) is 13.7. The number of aryl methyl sites for hydroxylation is 1. The summed E-state index contributed by atoms with van der Waals surface area (Å²) in [6.07, 6.45) is 2.88. The second kappa shape index (κ2) is 6.98. The molecule has 1 N–H and O–H groups in total. The molecule has 0 aliphatic carbocycles. The molecular formula is C15H25N3O. The summed E-state index contributed by atoms with van der Waals surface area (Å²) in [4.78, 5) is 9.23. The number of pyridine rings is 1. The summed E-state index contributed by atoms with van der Waals surface area (Å²) in [5, 5.41) is 9.35. The van der Waals surface area contributed by atoms with Gasteiger partial charge in [0.2, 0.25) is 0 Å². The molecule has 0 bridgehead atoms. The highest BCUT2D eigenvalue weighted by Gasteiger charge is 2.22. The summed E-state index contributed by atoms with van der Waals surface area (Å²) < 4.78 is 0. The molecule has 1 saturated heterocycles. The van der Waals surface area contributed by atoms with Crippen LogP contribution in [0.2, 0.25) is 0 Å². The maximum absolute atomic E-state index is 9.35. The van der Waals surface area contributed by atoms with E-state index in [9.17, 15) is 5.11 Å². The highest BCUT2D eigenvalue weighted by atomic mass is 16.3. The lowest BCUT2D eigenvalue weighted by Gasteiger charge is -2.38. The van der Waals surface area contributed by atoms with E-state index in [0.717, 1.165) is 44.8 Å². The van der Waals surface area contributed by atoms with E-state index < -0.39 is 0 Å². The smallest absolute Gasteiger partial charge is 0.0586 e. The van der Waals surface area contributed by atoms with Crippen LogP contribution in [0.25, 0.3) is 0 Å². The van der Waals surface area contributed by atoms with Gasteiger partial charge in [-0.25, -0.2) is 0 Å². The van der Waals surface area contributed by atoms with E-state index in [1.807, 2.05) is 12.3 Å². The molecule has 1 atom stereocenters. The Morgan fingerprint density at radius 3 is 2.63 bits per heavy atom. The third-order valence-corrected chi connectivity index (χ3v) is 4.12. The van der Waals surface area contributed by atoms with Crippen LogP contribution >= 0.6 is 0 Å². The van der Waals surface area contributed by atoms with Crippen molar-refractivity contribution in [3.05, 3.63) is 29.6 Å². The highest BCUT2D eigenvalue weighted by molar-refractivity contribution is 5.18. The summed E-state index contributed by atoms with van der Waals surface area (Å²) in [7, 11) is 0. The Hall–Kier alpha value is -0.970. The van der Waals surface area contributed by atoms with E-state index in [1.54, 1.807) is 0 Å². The molecule has 0 radical (unpaired) electrons. The molecule has 1 aliphatic rings. The minimum absolute atomic E-state index is 0.276. The van der Waals surface area contributed by atoms with Crippen molar-refractivity contribution in [2.75, 3.05) is 32.8 Å². The average Bonchev–Trinajstić information content (AvgIpc) is 2.44. The number of aliphatic hydroxyl groups excluding tert-OH is 1. The molecule has 0 saturated carbocycles. The lowest BCUT2D eigenvalue weighted by molar-refractivity contribution is 0.0607. The number of aromatic nitrogens is 1. The van der Waals surface area contributed by atoms with Gasteiger partial charge in [0, 0.05) is 50.7 Å². The van der Waals surface area contributed by atoms with Crippen molar-refractivity contribution in [1.82, 2.24) is 14.8 Å². The van der Waals surface area contributed by atoms with Gasteiger partial charge in [-0.15, -0.1) is 0 Å². The Labute approximate surface area is 116 Å². The molecule has 1 aliphatic heterocycles. The number of aliphatic hydroxyl groups is 1. The van der Waals surface area contributed by atoms with Gasteiger partial charge in [0.15, 0.2) is 0 Å². The SMILES string of the molecule is CCC(CO)N1CCN(Cc2cccnc2C)CC1. The van der Waals surface area contributed by atoms with Crippen molar-refractivity contribution in [2.24, 2.45) is 0 Å². The molecule has 2 heterocycles. The van der Waals surface area contributed by atoms with Crippen molar-refractivity contribution in [3.63, 3.8) is 0 Å². The van der Waals surface area contributed by atoms with Gasteiger partial charge in [0.25, 0.3) is 0 Å². The fraction of sp³-hybridized carbons (Fsp3) is 0.667. The third-order valence-electron chi connectivity index (χ3n) is 4.12. The zero-order valence-electron chi connectivity index (χ0n) is 12.0. The van der Waals surface area contributed by atoms with E-state index in [-0.39, 0.29) is 6.61 Å². The van der Waals surface area contributed by atoms with Gasteiger partial charge in [0.1, 0.15) is 0 Å². The molecule has 2 rings (SSSR count). The molecule has 1 fully saturated rings. The molecule has 1 unspecified atom stereocenters.